The van der Waals surface area contributed by atoms with Crippen LogP contribution in [0.2, 0.25) is 5.02 Å². The van der Waals surface area contributed by atoms with E-state index in [0.717, 1.165) is 16.4 Å². The smallest absolute Gasteiger partial charge is 0.142 e. The van der Waals surface area contributed by atoms with Crippen LogP contribution in [0.5, 0.6) is 0 Å². The fraction of sp³-hybridized carbons (Fsp3) is 0.176. The van der Waals surface area contributed by atoms with E-state index >= 15 is 0 Å². The van der Waals surface area contributed by atoms with Crippen molar-refractivity contribution in [3.05, 3.63) is 70.1 Å². The van der Waals surface area contributed by atoms with Gasteiger partial charge in [0.05, 0.1) is 11.4 Å². The molecule has 0 aliphatic carbocycles. The van der Waals surface area contributed by atoms with Gasteiger partial charge >= 0.3 is 0 Å². The van der Waals surface area contributed by atoms with E-state index in [1.54, 1.807) is 29.7 Å². The van der Waals surface area contributed by atoms with Crippen LogP contribution >= 0.6 is 22.9 Å². The summed E-state index contributed by atoms with van der Waals surface area (Å²) in [4.78, 5) is 10.9. The summed E-state index contributed by atoms with van der Waals surface area (Å²) in [6, 6.07) is 10.5. The highest BCUT2D eigenvalue weighted by atomic mass is 35.5. The van der Waals surface area contributed by atoms with Crippen molar-refractivity contribution in [2.75, 3.05) is 7.05 Å². The Kier molecular flexibility index (Phi) is 5.00. The van der Waals surface area contributed by atoms with E-state index < -0.39 is 0 Å². The molecule has 0 radical (unpaired) electrons. The fourth-order valence-corrected chi connectivity index (χ4v) is 3.28. The maximum absolute atomic E-state index is 13.8. The van der Waals surface area contributed by atoms with E-state index in [4.69, 9.17) is 11.6 Å². The zero-order valence-corrected chi connectivity index (χ0v) is 14.1. The average Bonchev–Trinajstić information content (AvgIpc) is 3.00. The molecule has 3 nitrogen and oxygen atoms in total. The third-order valence-corrected chi connectivity index (χ3v) is 4.63. The minimum atomic E-state index is -0.281. The van der Waals surface area contributed by atoms with Crippen LogP contribution in [0.3, 0.4) is 0 Å². The number of thiazole rings is 1. The van der Waals surface area contributed by atoms with Crippen molar-refractivity contribution in [2.45, 2.75) is 13.1 Å². The van der Waals surface area contributed by atoms with Crippen LogP contribution in [0.15, 0.2) is 48.0 Å². The van der Waals surface area contributed by atoms with Crippen molar-refractivity contribution in [3.63, 3.8) is 0 Å². The van der Waals surface area contributed by atoms with Gasteiger partial charge in [-0.1, -0.05) is 23.7 Å². The molecule has 0 saturated heterocycles. The van der Waals surface area contributed by atoms with Crippen molar-refractivity contribution in [3.8, 4) is 10.7 Å². The first-order valence-electron chi connectivity index (χ1n) is 7.10. The molecule has 3 rings (SSSR count). The predicted molar refractivity (Wildman–Crippen MR) is 91.9 cm³/mol. The van der Waals surface area contributed by atoms with Gasteiger partial charge in [-0.15, -0.1) is 11.3 Å². The highest BCUT2D eigenvalue weighted by Gasteiger charge is 2.12. The van der Waals surface area contributed by atoms with Crippen LogP contribution in [0.1, 0.15) is 11.3 Å². The third-order valence-electron chi connectivity index (χ3n) is 3.36. The molecule has 0 saturated carbocycles. The summed E-state index contributed by atoms with van der Waals surface area (Å²) in [6.45, 7) is 1.05. The van der Waals surface area contributed by atoms with Crippen molar-refractivity contribution in [1.82, 2.24) is 14.9 Å². The van der Waals surface area contributed by atoms with Gasteiger partial charge in [-0.25, -0.2) is 9.37 Å². The Labute approximate surface area is 143 Å². The quantitative estimate of drug-likeness (QED) is 0.673. The van der Waals surface area contributed by atoms with Gasteiger partial charge in [-0.2, -0.15) is 0 Å². The lowest BCUT2D eigenvalue weighted by atomic mass is 10.2. The van der Waals surface area contributed by atoms with Crippen LogP contribution in [0.25, 0.3) is 10.7 Å². The SMILES string of the molecule is CN(Cc1csc(-c2ccccn2)n1)Cc1c(F)cccc1Cl. The number of rotatable bonds is 5. The number of hydrogen-bond acceptors (Lipinski definition) is 4. The van der Waals surface area contributed by atoms with Crippen LogP contribution in [0, 0.1) is 5.82 Å². The maximum atomic E-state index is 13.8. The Morgan fingerprint density at radius 1 is 1.17 bits per heavy atom. The molecule has 3 aromatic rings. The van der Waals surface area contributed by atoms with E-state index in [1.165, 1.54) is 6.07 Å². The maximum Gasteiger partial charge on any atom is 0.142 e. The molecule has 23 heavy (non-hydrogen) atoms. The molecule has 0 N–H and O–H groups in total. The number of hydrogen-bond donors (Lipinski definition) is 0. The highest BCUT2D eigenvalue weighted by molar-refractivity contribution is 7.13. The molecule has 0 spiro atoms. The first-order valence-corrected chi connectivity index (χ1v) is 8.36. The Balaban J connectivity index is 1.69. The van der Waals surface area contributed by atoms with E-state index in [-0.39, 0.29) is 5.82 Å². The van der Waals surface area contributed by atoms with Gasteiger partial charge in [0, 0.05) is 35.3 Å². The van der Waals surface area contributed by atoms with Crippen molar-refractivity contribution in [2.24, 2.45) is 0 Å². The monoisotopic (exact) mass is 347 g/mol. The standard InChI is InChI=1S/C17H15ClFN3S/c1-22(10-13-14(18)5-4-6-15(13)19)9-12-11-23-17(21-12)16-7-2-3-8-20-16/h2-8,11H,9-10H2,1H3. The van der Waals surface area contributed by atoms with Crippen LogP contribution in [0.4, 0.5) is 4.39 Å². The largest absolute Gasteiger partial charge is 0.296 e. The van der Waals surface area contributed by atoms with Crippen LogP contribution in [-0.4, -0.2) is 21.9 Å². The lowest BCUT2D eigenvalue weighted by molar-refractivity contribution is 0.310. The molecule has 0 amide bonds. The second-order valence-electron chi connectivity index (χ2n) is 5.23. The number of halogens is 2. The van der Waals surface area contributed by atoms with Gasteiger partial charge in [0.2, 0.25) is 0 Å². The minimum Gasteiger partial charge on any atom is -0.296 e. The zero-order valence-electron chi connectivity index (χ0n) is 12.5. The summed E-state index contributed by atoms with van der Waals surface area (Å²) in [5.74, 6) is -0.281. The first kappa shape index (κ1) is 16.1. The second kappa shape index (κ2) is 7.17. The minimum absolute atomic E-state index is 0.281. The normalized spacial score (nSPS) is 11.1. The molecule has 0 unspecified atom stereocenters. The molecular weight excluding hydrogens is 333 g/mol. The van der Waals surface area contributed by atoms with E-state index in [9.17, 15) is 4.39 Å². The molecule has 6 heteroatoms. The average molecular weight is 348 g/mol. The van der Waals surface area contributed by atoms with Gasteiger partial charge in [0.15, 0.2) is 0 Å². The van der Waals surface area contributed by atoms with Crippen molar-refractivity contribution >= 4 is 22.9 Å². The van der Waals surface area contributed by atoms with Gasteiger partial charge < -0.3 is 0 Å². The summed E-state index contributed by atoms with van der Waals surface area (Å²) in [7, 11) is 1.92. The summed E-state index contributed by atoms with van der Waals surface area (Å²) >= 11 is 7.63. The summed E-state index contributed by atoms with van der Waals surface area (Å²) in [6.07, 6.45) is 1.75. The molecule has 0 aliphatic rings. The van der Waals surface area contributed by atoms with E-state index in [0.29, 0.717) is 23.7 Å². The third kappa shape index (κ3) is 3.93. The van der Waals surface area contributed by atoms with Gasteiger partial charge in [0.25, 0.3) is 0 Å². The highest BCUT2D eigenvalue weighted by Crippen LogP contribution is 2.24. The van der Waals surface area contributed by atoms with Crippen molar-refractivity contribution < 1.29 is 4.39 Å². The number of benzene rings is 1. The van der Waals surface area contributed by atoms with E-state index in [1.807, 2.05) is 35.5 Å². The van der Waals surface area contributed by atoms with Crippen LogP contribution < -0.4 is 0 Å². The van der Waals surface area contributed by atoms with Crippen molar-refractivity contribution in [1.29, 1.82) is 0 Å². The Bertz CT molecular complexity index is 771. The number of aromatic nitrogens is 2. The molecule has 0 fully saturated rings. The summed E-state index contributed by atoms with van der Waals surface area (Å²) < 4.78 is 13.8. The lowest BCUT2D eigenvalue weighted by Crippen LogP contribution is -2.18. The van der Waals surface area contributed by atoms with Crippen LogP contribution in [-0.2, 0) is 13.1 Å². The molecule has 1 aromatic carbocycles. The molecular formula is C17H15ClFN3S. The summed E-state index contributed by atoms with van der Waals surface area (Å²) in [5, 5.41) is 3.34. The predicted octanol–water partition coefficient (Wildman–Crippen LogP) is 4.63. The topological polar surface area (TPSA) is 29.0 Å². The first-order chi connectivity index (χ1) is 11.1. The fourth-order valence-electron chi connectivity index (χ4n) is 2.27. The Morgan fingerprint density at radius 2 is 2.04 bits per heavy atom. The molecule has 0 atom stereocenters. The second-order valence-corrected chi connectivity index (χ2v) is 6.50. The molecule has 0 bridgehead atoms. The number of pyridine rings is 1. The molecule has 2 aromatic heterocycles. The Morgan fingerprint density at radius 3 is 2.78 bits per heavy atom. The summed E-state index contributed by atoms with van der Waals surface area (Å²) in [5.41, 5.74) is 2.31. The van der Waals surface area contributed by atoms with Gasteiger partial charge in [0.1, 0.15) is 10.8 Å². The number of nitrogens with zero attached hydrogens (tertiary/aromatic N) is 3. The van der Waals surface area contributed by atoms with E-state index in [2.05, 4.69) is 9.97 Å². The Hall–Kier alpha value is -1.82. The van der Waals surface area contributed by atoms with Gasteiger partial charge in [-0.05, 0) is 31.3 Å². The molecule has 2 heterocycles. The molecule has 118 valence electrons. The van der Waals surface area contributed by atoms with Gasteiger partial charge in [-0.3, -0.25) is 9.88 Å². The lowest BCUT2D eigenvalue weighted by Gasteiger charge is -2.16. The zero-order chi connectivity index (χ0) is 16.2. The molecule has 0 aliphatic heterocycles.